The van der Waals surface area contributed by atoms with Gasteiger partial charge in [-0.1, -0.05) is 0 Å². The summed E-state index contributed by atoms with van der Waals surface area (Å²) in [6.07, 6.45) is 3.18. The normalized spacial score (nSPS) is 13.6. The van der Waals surface area contributed by atoms with Gasteiger partial charge in [-0.25, -0.2) is 13.8 Å². The average Bonchev–Trinajstić information content (AvgIpc) is 3.38. The van der Waals surface area contributed by atoms with Gasteiger partial charge in [-0.05, 0) is 43.2 Å². The van der Waals surface area contributed by atoms with E-state index in [4.69, 9.17) is 0 Å². The molecule has 3 N–H and O–H groups in total. The van der Waals surface area contributed by atoms with Gasteiger partial charge in [0.05, 0.1) is 17.4 Å². The molecule has 1 fully saturated rings. The van der Waals surface area contributed by atoms with Crippen molar-refractivity contribution in [1.29, 1.82) is 0 Å². The molecule has 1 aliphatic carbocycles. The number of hydrogen-bond acceptors (Lipinski definition) is 3. The Hall–Kier alpha value is -3.29. The largest absolute Gasteiger partial charge is 0.348 e. The number of hydrogen-bond donors (Lipinski definition) is 3. The number of carbonyl (C=O) groups is 2. The van der Waals surface area contributed by atoms with Crippen LogP contribution in [0.1, 0.15) is 23.3 Å². The van der Waals surface area contributed by atoms with E-state index >= 15 is 0 Å². The summed E-state index contributed by atoms with van der Waals surface area (Å²) in [6, 6.07) is 6.40. The zero-order chi connectivity index (χ0) is 18.3. The van der Waals surface area contributed by atoms with Crippen LogP contribution >= 0.6 is 0 Å². The molecule has 0 aliphatic heterocycles. The first kappa shape index (κ1) is 16.2. The predicted molar refractivity (Wildman–Crippen MR) is 91.8 cm³/mol. The fraction of sp³-hybridized carbons (Fsp3) is 0.167. The second-order valence-corrected chi connectivity index (χ2v) is 6.15. The fourth-order valence-corrected chi connectivity index (χ4v) is 2.59. The predicted octanol–water partition coefficient (Wildman–Crippen LogP) is 3.44. The summed E-state index contributed by atoms with van der Waals surface area (Å²) in [5.74, 6) is -1.41. The number of pyridine rings is 1. The van der Waals surface area contributed by atoms with E-state index in [-0.39, 0.29) is 28.4 Å². The first-order chi connectivity index (χ1) is 12.5. The van der Waals surface area contributed by atoms with Crippen LogP contribution in [0.3, 0.4) is 0 Å². The minimum Gasteiger partial charge on any atom is -0.348 e. The number of nitrogens with zero attached hydrogens (tertiary/aromatic N) is 1. The maximum Gasteiger partial charge on any atom is 0.272 e. The molecule has 4 rings (SSSR count). The van der Waals surface area contributed by atoms with Crippen LogP contribution in [0.25, 0.3) is 10.9 Å². The first-order valence-electron chi connectivity index (χ1n) is 8.06. The lowest BCUT2D eigenvalue weighted by Gasteiger charge is -2.06. The Morgan fingerprint density at radius 3 is 2.50 bits per heavy atom. The number of nitrogens with one attached hydrogen (secondary N) is 3. The SMILES string of the molecule is O=C(Nc1ccc(NC(=O)C2CC2)nc1)c1cc2c(F)ccc(F)c2[nH]1. The molecular weight excluding hydrogens is 342 g/mol. The van der Waals surface area contributed by atoms with E-state index in [0.717, 1.165) is 25.0 Å². The number of carbonyl (C=O) groups excluding carboxylic acids is 2. The molecule has 2 heterocycles. The third-order valence-corrected chi connectivity index (χ3v) is 4.16. The lowest BCUT2D eigenvalue weighted by Crippen LogP contribution is -2.15. The van der Waals surface area contributed by atoms with Crippen LogP contribution in [-0.4, -0.2) is 21.8 Å². The molecule has 3 aromatic rings. The van der Waals surface area contributed by atoms with Gasteiger partial charge in [-0.2, -0.15) is 0 Å². The second-order valence-electron chi connectivity index (χ2n) is 6.15. The summed E-state index contributed by atoms with van der Waals surface area (Å²) in [7, 11) is 0. The molecule has 1 aliphatic rings. The summed E-state index contributed by atoms with van der Waals surface area (Å²) >= 11 is 0. The number of aromatic nitrogens is 2. The quantitative estimate of drug-likeness (QED) is 0.669. The number of H-pyrrole nitrogens is 1. The van der Waals surface area contributed by atoms with Gasteiger partial charge in [0.1, 0.15) is 23.1 Å². The summed E-state index contributed by atoms with van der Waals surface area (Å²) in [6.45, 7) is 0. The molecule has 132 valence electrons. The molecule has 8 heteroatoms. The molecule has 2 aromatic heterocycles. The Labute approximate surface area is 146 Å². The van der Waals surface area contributed by atoms with E-state index in [0.29, 0.717) is 11.5 Å². The molecule has 0 atom stereocenters. The van der Waals surface area contributed by atoms with Crippen molar-refractivity contribution in [2.45, 2.75) is 12.8 Å². The number of aromatic amines is 1. The minimum absolute atomic E-state index is 0.00594. The van der Waals surface area contributed by atoms with Crippen LogP contribution in [0.15, 0.2) is 36.5 Å². The van der Waals surface area contributed by atoms with Gasteiger partial charge in [0, 0.05) is 11.3 Å². The minimum atomic E-state index is -0.641. The van der Waals surface area contributed by atoms with Crippen LogP contribution in [0.2, 0.25) is 0 Å². The first-order valence-corrected chi connectivity index (χ1v) is 8.06. The number of anilines is 2. The smallest absolute Gasteiger partial charge is 0.272 e. The molecule has 2 amide bonds. The van der Waals surface area contributed by atoms with Crippen molar-refractivity contribution in [3.05, 3.63) is 53.9 Å². The molecule has 0 spiro atoms. The maximum atomic E-state index is 13.7. The van der Waals surface area contributed by atoms with Crippen molar-refractivity contribution in [1.82, 2.24) is 9.97 Å². The highest BCUT2D eigenvalue weighted by molar-refractivity contribution is 6.06. The number of halogens is 2. The highest BCUT2D eigenvalue weighted by Gasteiger charge is 2.29. The van der Waals surface area contributed by atoms with Crippen molar-refractivity contribution in [3.8, 4) is 0 Å². The molecule has 0 unspecified atom stereocenters. The summed E-state index contributed by atoms with van der Waals surface area (Å²) < 4.78 is 27.4. The third kappa shape index (κ3) is 3.13. The summed E-state index contributed by atoms with van der Waals surface area (Å²) in [5.41, 5.74) is 0.348. The Morgan fingerprint density at radius 1 is 1.08 bits per heavy atom. The number of rotatable bonds is 4. The van der Waals surface area contributed by atoms with Gasteiger partial charge in [-0.15, -0.1) is 0 Å². The summed E-state index contributed by atoms with van der Waals surface area (Å²) in [4.78, 5) is 30.6. The topological polar surface area (TPSA) is 86.9 Å². The van der Waals surface area contributed by atoms with Crippen LogP contribution in [0.4, 0.5) is 20.3 Å². The lowest BCUT2D eigenvalue weighted by atomic mass is 10.2. The average molecular weight is 356 g/mol. The molecule has 6 nitrogen and oxygen atoms in total. The van der Waals surface area contributed by atoms with Crippen molar-refractivity contribution in [2.24, 2.45) is 5.92 Å². The third-order valence-electron chi connectivity index (χ3n) is 4.16. The van der Waals surface area contributed by atoms with E-state index in [2.05, 4.69) is 20.6 Å². The highest BCUT2D eigenvalue weighted by Crippen LogP contribution is 2.30. The Kier molecular flexibility index (Phi) is 3.87. The van der Waals surface area contributed by atoms with Crippen LogP contribution in [0, 0.1) is 17.6 Å². The Bertz CT molecular complexity index is 971. The van der Waals surface area contributed by atoms with Gasteiger partial charge in [-0.3, -0.25) is 9.59 Å². The van der Waals surface area contributed by atoms with Crippen LogP contribution in [0.5, 0.6) is 0 Å². The maximum absolute atomic E-state index is 13.7. The zero-order valence-electron chi connectivity index (χ0n) is 13.5. The van der Waals surface area contributed by atoms with Crippen molar-refractivity contribution >= 4 is 34.2 Å². The van der Waals surface area contributed by atoms with E-state index in [1.54, 1.807) is 12.1 Å². The molecular formula is C18H14F2N4O2. The number of amides is 2. The van der Waals surface area contributed by atoms with Crippen LogP contribution in [-0.2, 0) is 4.79 Å². The van der Waals surface area contributed by atoms with Crippen molar-refractivity contribution in [2.75, 3.05) is 10.6 Å². The van der Waals surface area contributed by atoms with Crippen molar-refractivity contribution in [3.63, 3.8) is 0 Å². The second kappa shape index (κ2) is 6.21. The van der Waals surface area contributed by atoms with Gasteiger partial charge < -0.3 is 15.6 Å². The van der Waals surface area contributed by atoms with E-state index in [9.17, 15) is 18.4 Å². The van der Waals surface area contributed by atoms with Crippen LogP contribution < -0.4 is 10.6 Å². The lowest BCUT2D eigenvalue weighted by molar-refractivity contribution is -0.117. The zero-order valence-corrected chi connectivity index (χ0v) is 13.5. The number of fused-ring (bicyclic) bond motifs is 1. The molecule has 0 bridgehead atoms. The van der Waals surface area contributed by atoms with Gasteiger partial charge in [0.15, 0.2) is 0 Å². The molecule has 1 saturated carbocycles. The molecule has 0 saturated heterocycles. The van der Waals surface area contributed by atoms with Gasteiger partial charge in [0.25, 0.3) is 5.91 Å². The highest BCUT2D eigenvalue weighted by atomic mass is 19.1. The molecule has 0 radical (unpaired) electrons. The Morgan fingerprint density at radius 2 is 1.85 bits per heavy atom. The standard InChI is InChI=1S/C18H14F2N4O2/c19-12-4-5-13(20)16-11(12)7-14(23-16)18(26)22-10-3-6-15(21-8-10)24-17(25)9-1-2-9/h3-9,23H,1-2H2,(H,22,26)(H,21,24,25). The summed E-state index contributed by atoms with van der Waals surface area (Å²) in [5, 5.41) is 5.28. The van der Waals surface area contributed by atoms with E-state index < -0.39 is 17.5 Å². The van der Waals surface area contributed by atoms with E-state index in [1.807, 2.05) is 0 Å². The van der Waals surface area contributed by atoms with Gasteiger partial charge >= 0.3 is 0 Å². The molecule has 26 heavy (non-hydrogen) atoms. The number of benzene rings is 1. The van der Waals surface area contributed by atoms with E-state index in [1.165, 1.54) is 12.3 Å². The monoisotopic (exact) mass is 356 g/mol. The fourth-order valence-electron chi connectivity index (χ4n) is 2.59. The Balaban J connectivity index is 1.48. The molecule has 1 aromatic carbocycles. The van der Waals surface area contributed by atoms with Crippen molar-refractivity contribution < 1.29 is 18.4 Å². The van der Waals surface area contributed by atoms with Gasteiger partial charge in [0.2, 0.25) is 5.91 Å².